The number of anilines is 1. The van der Waals surface area contributed by atoms with Crippen LogP contribution in [0.25, 0.3) is 11.4 Å². The molecular weight excluding hydrogens is 154 g/mol. The first-order valence-electron chi connectivity index (χ1n) is 3.44. The lowest BCUT2D eigenvalue weighted by Crippen LogP contribution is -1.85. The largest absolute Gasteiger partial charge is 0.366 e. The predicted molar refractivity (Wildman–Crippen MR) is 44.0 cm³/mol. The van der Waals surface area contributed by atoms with E-state index in [0.717, 1.165) is 5.56 Å². The van der Waals surface area contributed by atoms with E-state index in [4.69, 9.17) is 5.73 Å². The Morgan fingerprint density at radius 1 is 1.25 bits per heavy atom. The van der Waals surface area contributed by atoms with Gasteiger partial charge in [-0.3, -0.25) is 10.1 Å². The van der Waals surface area contributed by atoms with Gasteiger partial charge in [0.2, 0.25) is 5.95 Å². The van der Waals surface area contributed by atoms with Gasteiger partial charge in [-0.05, 0) is 12.1 Å². The summed E-state index contributed by atoms with van der Waals surface area (Å²) in [4.78, 5) is 7.85. The van der Waals surface area contributed by atoms with E-state index in [2.05, 4.69) is 20.2 Å². The molecule has 0 bridgehead atoms. The molecule has 0 unspecified atom stereocenters. The highest BCUT2D eigenvalue weighted by Gasteiger charge is 2.00. The monoisotopic (exact) mass is 161 g/mol. The van der Waals surface area contributed by atoms with Gasteiger partial charge in [-0.1, -0.05) is 0 Å². The lowest BCUT2D eigenvalue weighted by Gasteiger charge is -1.91. The molecule has 0 atom stereocenters. The van der Waals surface area contributed by atoms with Crippen LogP contribution in [0.2, 0.25) is 0 Å². The molecule has 0 spiro atoms. The number of nitrogen functional groups attached to an aromatic ring is 1. The van der Waals surface area contributed by atoms with Gasteiger partial charge in [0, 0.05) is 18.0 Å². The molecule has 0 aliphatic rings. The minimum absolute atomic E-state index is 0.252. The lowest BCUT2D eigenvalue weighted by atomic mass is 10.3. The summed E-state index contributed by atoms with van der Waals surface area (Å²) in [6.45, 7) is 0. The van der Waals surface area contributed by atoms with Crippen LogP contribution in [0.4, 0.5) is 5.95 Å². The van der Waals surface area contributed by atoms with Crippen molar-refractivity contribution in [2.24, 2.45) is 0 Å². The van der Waals surface area contributed by atoms with E-state index >= 15 is 0 Å². The lowest BCUT2D eigenvalue weighted by molar-refractivity contribution is 1.10. The van der Waals surface area contributed by atoms with Crippen molar-refractivity contribution in [1.29, 1.82) is 0 Å². The molecule has 12 heavy (non-hydrogen) atoms. The van der Waals surface area contributed by atoms with Gasteiger partial charge in [0.15, 0.2) is 5.82 Å². The molecule has 0 aliphatic heterocycles. The van der Waals surface area contributed by atoms with Gasteiger partial charge in [-0.15, -0.1) is 5.10 Å². The summed E-state index contributed by atoms with van der Waals surface area (Å²) in [7, 11) is 0. The molecule has 2 rings (SSSR count). The molecule has 0 aromatic carbocycles. The van der Waals surface area contributed by atoms with E-state index in [1.807, 2.05) is 12.1 Å². The molecule has 3 N–H and O–H groups in total. The van der Waals surface area contributed by atoms with Crippen molar-refractivity contribution in [2.45, 2.75) is 0 Å². The van der Waals surface area contributed by atoms with Crippen LogP contribution >= 0.6 is 0 Å². The maximum Gasteiger partial charge on any atom is 0.239 e. The maximum atomic E-state index is 5.35. The van der Waals surface area contributed by atoms with Gasteiger partial charge in [0.25, 0.3) is 0 Å². The average Bonchev–Trinajstić information content (AvgIpc) is 2.54. The maximum absolute atomic E-state index is 5.35. The second-order valence-electron chi connectivity index (χ2n) is 2.28. The van der Waals surface area contributed by atoms with E-state index in [1.165, 1.54) is 0 Å². The van der Waals surface area contributed by atoms with Crippen molar-refractivity contribution >= 4 is 5.95 Å². The van der Waals surface area contributed by atoms with E-state index in [1.54, 1.807) is 12.4 Å². The summed E-state index contributed by atoms with van der Waals surface area (Å²) in [6, 6.07) is 3.67. The first kappa shape index (κ1) is 6.78. The zero-order chi connectivity index (χ0) is 8.39. The number of nitrogens with two attached hydrogens (primary N) is 1. The summed E-state index contributed by atoms with van der Waals surface area (Å²) < 4.78 is 0. The van der Waals surface area contributed by atoms with Crippen molar-refractivity contribution in [3.8, 4) is 11.4 Å². The Morgan fingerprint density at radius 2 is 2.00 bits per heavy atom. The zero-order valence-corrected chi connectivity index (χ0v) is 6.23. The smallest absolute Gasteiger partial charge is 0.239 e. The van der Waals surface area contributed by atoms with Gasteiger partial charge in [0.1, 0.15) is 0 Å². The zero-order valence-electron chi connectivity index (χ0n) is 6.23. The van der Waals surface area contributed by atoms with E-state index < -0.39 is 0 Å². The number of nitrogens with zero attached hydrogens (tertiary/aromatic N) is 3. The highest BCUT2D eigenvalue weighted by molar-refractivity contribution is 5.54. The normalized spacial score (nSPS) is 10.0. The first-order valence-corrected chi connectivity index (χ1v) is 3.44. The molecule has 2 heterocycles. The standard InChI is InChI=1S/C7H7N5/c8-7-10-6(11-12-7)5-1-3-9-4-2-5/h1-4H,(H3,8,10,11,12). The van der Waals surface area contributed by atoms with E-state index in [9.17, 15) is 0 Å². The number of aromatic nitrogens is 4. The third-order valence-corrected chi connectivity index (χ3v) is 1.46. The van der Waals surface area contributed by atoms with E-state index in [0.29, 0.717) is 5.82 Å². The topological polar surface area (TPSA) is 80.5 Å². The number of nitrogens with one attached hydrogen (secondary N) is 1. The summed E-state index contributed by atoms with van der Waals surface area (Å²) in [6.07, 6.45) is 3.38. The van der Waals surface area contributed by atoms with Crippen molar-refractivity contribution in [3.05, 3.63) is 24.5 Å². The van der Waals surface area contributed by atoms with Crippen LogP contribution in [-0.2, 0) is 0 Å². The Bertz CT molecular complexity index is 366. The molecule has 5 heteroatoms. The molecule has 0 radical (unpaired) electrons. The molecule has 5 nitrogen and oxygen atoms in total. The summed E-state index contributed by atoms with van der Waals surface area (Å²) in [5.74, 6) is 0.914. The Labute approximate surface area is 68.7 Å². The summed E-state index contributed by atoms with van der Waals surface area (Å²) >= 11 is 0. The number of hydrogen-bond donors (Lipinski definition) is 2. The highest BCUT2D eigenvalue weighted by atomic mass is 15.3. The fourth-order valence-electron chi connectivity index (χ4n) is 0.914. The number of rotatable bonds is 1. The number of aromatic amines is 1. The third-order valence-electron chi connectivity index (χ3n) is 1.46. The van der Waals surface area contributed by atoms with Crippen LogP contribution in [0.15, 0.2) is 24.5 Å². The van der Waals surface area contributed by atoms with E-state index in [-0.39, 0.29) is 5.95 Å². The van der Waals surface area contributed by atoms with Gasteiger partial charge in [-0.25, -0.2) is 0 Å². The SMILES string of the molecule is Nc1n[nH]c(-c2ccncc2)n1. The second kappa shape index (κ2) is 2.61. The molecule has 0 saturated carbocycles. The van der Waals surface area contributed by atoms with Crippen molar-refractivity contribution in [3.63, 3.8) is 0 Å². The van der Waals surface area contributed by atoms with Gasteiger partial charge >= 0.3 is 0 Å². The Kier molecular flexibility index (Phi) is 1.48. The molecule has 0 aliphatic carbocycles. The minimum Gasteiger partial charge on any atom is -0.366 e. The highest BCUT2D eigenvalue weighted by Crippen LogP contribution is 2.12. The Balaban J connectivity index is 2.45. The minimum atomic E-state index is 0.252. The Morgan fingerprint density at radius 3 is 2.58 bits per heavy atom. The van der Waals surface area contributed by atoms with Crippen molar-refractivity contribution in [2.75, 3.05) is 5.73 Å². The fourth-order valence-corrected chi connectivity index (χ4v) is 0.914. The van der Waals surface area contributed by atoms with Crippen molar-refractivity contribution in [1.82, 2.24) is 20.2 Å². The second-order valence-corrected chi connectivity index (χ2v) is 2.28. The van der Waals surface area contributed by atoms with Crippen LogP contribution < -0.4 is 5.73 Å². The van der Waals surface area contributed by atoms with Gasteiger partial charge in [0.05, 0.1) is 0 Å². The van der Waals surface area contributed by atoms with Crippen LogP contribution in [0.3, 0.4) is 0 Å². The third kappa shape index (κ3) is 1.12. The molecule has 0 saturated heterocycles. The molecule has 0 amide bonds. The average molecular weight is 161 g/mol. The molecule has 0 fully saturated rings. The summed E-state index contributed by atoms with van der Waals surface area (Å²) in [5.41, 5.74) is 6.27. The molecule has 60 valence electrons. The first-order chi connectivity index (χ1) is 5.86. The Hall–Kier alpha value is -1.91. The van der Waals surface area contributed by atoms with Gasteiger partial charge in [-0.2, -0.15) is 4.98 Å². The van der Waals surface area contributed by atoms with Crippen molar-refractivity contribution < 1.29 is 0 Å². The summed E-state index contributed by atoms with van der Waals surface area (Å²) in [5, 5.41) is 6.42. The molecule has 2 aromatic heterocycles. The van der Waals surface area contributed by atoms with Crippen LogP contribution in [0, 0.1) is 0 Å². The fraction of sp³-hybridized carbons (Fsp3) is 0. The molecule has 2 aromatic rings. The predicted octanol–water partition coefficient (Wildman–Crippen LogP) is 0.449. The number of pyridine rings is 1. The van der Waals surface area contributed by atoms with Gasteiger partial charge < -0.3 is 5.73 Å². The van der Waals surface area contributed by atoms with Crippen LogP contribution in [-0.4, -0.2) is 20.2 Å². The van der Waals surface area contributed by atoms with Crippen LogP contribution in [0.5, 0.6) is 0 Å². The number of hydrogen-bond acceptors (Lipinski definition) is 4. The van der Waals surface area contributed by atoms with Crippen LogP contribution in [0.1, 0.15) is 0 Å². The quantitative estimate of drug-likeness (QED) is 0.636. The number of H-pyrrole nitrogens is 1. The molecular formula is C7H7N5.